The normalized spacial score (nSPS) is 19.0. The van der Waals surface area contributed by atoms with Crippen LogP contribution in [0.4, 0.5) is 0 Å². The Morgan fingerprint density at radius 1 is 1.10 bits per heavy atom. The van der Waals surface area contributed by atoms with Gasteiger partial charge in [0.2, 0.25) is 0 Å². The predicted octanol–water partition coefficient (Wildman–Crippen LogP) is 3.96. The van der Waals surface area contributed by atoms with Crippen molar-refractivity contribution in [2.75, 3.05) is 0 Å². The minimum absolute atomic E-state index is 0.188. The first-order valence-corrected chi connectivity index (χ1v) is 10.9. The molecule has 0 aliphatic heterocycles. The monoisotopic (exact) mass is 412 g/mol. The van der Waals surface area contributed by atoms with Crippen molar-refractivity contribution in [2.24, 2.45) is 12.5 Å². The molecule has 0 N–H and O–H groups in total. The highest BCUT2D eigenvalue weighted by Crippen LogP contribution is 2.62. The van der Waals surface area contributed by atoms with Crippen molar-refractivity contribution >= 4 is 5.65 Å². The molecule has 2 aliphatic carbocycles. The minimum Gasteiger partial charge on any atom is -0.284 e. The largest absolute Gasteiger partial charge is 0.284 e. The molecule has 0 radical (unpaired) electrons. The smallest absolute Gasteiger partial charge is 0.149 e. The van der Waals surface area contributed by atoms with E-state index in [-0.39, 0.29) is 5.54 Å². The SMILES string of the molecule is Cn1cc(-c2cc3nccn3c(-c3cnn(C4(CC#N)CC5(CCCC5)C4)c3)n2)cn1. The molecular weight excluding hydrogens is 388 g/mol. The average molecular weight is 413 g/mol. The molecule has 6 rings (SSSR count). The fourth-order valence-corrected chi connectivity index (χ4v) is 5.86. The molecule has 8 heteroatoms. The van der Waals surface area contributed by atoms with E-state index in [0.29, 0.717) is 11.8 Å². The van der Waals surface area contributed by atoms with Crippen molar-refractivity contribution < 1.29 is 0 Å². The summed E-state index contributed by atoms with van der Waals surface area (Å²) >= 11 is 0. The van der Waals surface area contributed by atoms with Crippen LogP contribution in [0.3, 0.4) is 0 Å². The summed E-state index contributed by atoms with van der Waals surface area (Å²) in [5.74, 6) is 0.794. The third kappa shape index (κ3) is 2.80. The lowest BCUT2D eigenvalue weighted by atomic mass is 9.55. The molecular formula is C23H24N8. The summed E-state index contributed by atoms with van der Waals surface area (Å²) in [6.07, 6.45) is 19.2. The molecule has 2 aliphatic rings. The second kappa shape index (κ2) is 6.51. The summed E-state index contributed by atoms with van der Waals surface area (Å²) in [7, 11) is 1.90. The highest BCUT2D eigenvalue weighted by atomic mass is 15.3. The maximum absolute atomic E-state index is 9.54. The quantitative estimate of drug-likeness (QED) is 0.506. The third-order valence-corrected chi connectivity index (χ3v) is 7.20. The zero-order valence-corrected chi connectivity index (χ0v) is 17.6. The van der Waals surface area contributed by atoms with Crippen LogP contribution < -0.4 is 0 Å². The van der Waals surface area contributed by atoms with E-state index in [4.69, 9.17) is 10.1 Å². The number of hydrogen-bond donors (Lipinski definition) is 0. The zero-order valence-electron chi connectivity index (χ0n) is 17.6. The number of nitrogens with zero attached hydrogens (tertiary/aromatic N) is 8. The lowest BCUT2D eigenvalue weighted by Gasteiger charge is -2.54. The number of aromatic nitrogens is 7. The van der Waals surface area contributed by atoms with Crippen molar-refractivity contribution in [3.05, 3.63) is 43.2 Å². The molecule has 0 bridgehead atoms. The number of rotatable bonds is 4. The third-order valence-electron chi connectivity index (χ3n) is 7.20. The average Bonchev–Trinajstić information content (AvgIpc) is 3.52. The van der Waals surface area contributed by atoms with Crippen LogP contribution in [0.25, 0.3) is 28.3 Å². The zero-order chi connectivity index (χ0) is 21.1. The number of imidazole rings is 1. The number of hydrogen-bond acceptors (Lipinski definition) is 5. The highest BCUT2D eigenvalue weighted by Gasteiger charge is 2.56. The highest BCUT2D eigenvalue weighted by molar-refractivity contribution is 5.68. The molecule has 0 aromatic carbocycles. The van der Waals surface area contributed by atoms with Crippen LogP contribution in [0.15, 0.2) is 43.2 Å². The Morgan fingerprint density at radius 2 is 1.90 bits per heavy atom. The Morgan fingerprint density at radius 3 is 2.65 bits per heavy atom. The van der Waals surface area contributed by atoms with Gasteiger partial charge < -0.3 is 0 Å². The first-order chi connectivity index (χ1) is 15.1. The van der Waals surface area contributed by atoms with Crippen LogP contribution in [0.1, 0.15) is 44.9 Å². The summed E-state index contributed by atoms with van der Waals surface area (Å²) in [5.41, 5.74) is 3.78. The maximum Gasteiger partial charge on any atom is 0.149 e. The van der Waals surface area contributed by atoms with Gasteiger partial charge in [0.05, 0.1) is 41.7 Å². The van der Waals surface area contributed by atoms with E-state index in [0.717, 1.165) is 41.1 Å². The summed E-state index contributed by atoms with van der Waals surface area (Å²) in [6, 6.07) is 4.39. The molecule has 0 atom stereocenters. The van der Waals surface area contributed by atoms with Crippen LogP contribution in [0.5, 0.6) is 0 Å². The van der Waals surface area contributed by atoms with Gasteiger partial charge in [0.25, 0.3) is 0 Å². The first kappa shape index (κ1) is 18.3. The summed E-state index contributed by atoms with van der Waals surface area (Å²) in [6.45, 7) is 0. The Kier molecular flexibility index (Phi) is 3.85. The Bertz CT molecular complexity index is 1300. The van der Waals surface area contributed by atoms with Crippen LogP contribution in [-0.2, 0) is 12.6 Å². The van der Waals surface area contributed by atoms with Crippen LogP contribution in [0.2, 0.25) is 0 Å². The molecule has 31 heavy (non-hydrogen) atoms. The van der Waals surface area contributed by atoms with Gasteiger partial charge in [-0.1, -0.05) is 12.8 Å². The summed E-state index contributed by atoms with van der Waals surface area (Å²) in [5, 5.41) is 18.5. The van der Waals surface area contributed by atoms with E-state index in [1.165, 1.54) is 25.7 Å². The number of nitriles is 1. The molecule has 156 valence electrons. The lowest BCUT2D eigenvalue weighted by molar-refractivity contribution is -0.0299. The van der Waals surface area contributed by atoms with E-state index in [9.17, 15) is 5.26 Å². The second-order valence-corrected chi connectivity index (χ2v) is 9.32. The molecule has 4 aromatic heterocycles. The van der Waals surface area contributed by atoms with Crippen molar-refractivity contribution in [2.45, 2.75) is 50.5 Å². The topological polar surface area (TPSA) is 89.6 Å². The van der Waals surface area contributed by atoms with Crippen molar-refractivity contribution in [1.82, 2.24) is 33.9 Å². The summed E-state index contributed by atoms with van der Waals surface area (Å²) < 4.78 is 5.79. The minimum atomic E-state index is -0.188. The molecule has 0 saturated heterocycles. The molecule has 4 aromatic rings. The first-order valence-electron chi connectivity index (χ1n) is 10.9. The van der Waals surface area contributed by atoms with Gasteiger partial charge in [-0.3, -0.25) is 13.8 Å². The van der Waals surface area contributed by atoms with E-state index in [1.54, 1.807) is 10.9 Å². The van der Waals surface area contributed by atoms with Gasteiger partial charge >= 0.3 is 0 Å². The Labute approximate surface area is 180 Å². The van der Waals surface area contributed by atoms with Crippen LogP contribution in [0, 0.1) is 16.7 Å². The standard InChI is InChI=1S/C23H24N8/c1-29-13-17(11-26-29)19-10-20-25-8-9-30(20)21(28-19)18-12-27-31(14-18)23(6-7-24)15-22(16-23)4-2-3-5-22/h8-14H,2-6,15-16H2,1H3. The maximum atomic E-state index is 9.54. The fourth-order valence-electron chi connectivity index (χ4n) is 5.86. The lowest BCUT2D eigenvalue weighted by Crippen LogP contribution is -2.52. The van der Waals surface area contributed by atoms with Gasteiger partial charge in [0.15, 0.2) is 0 Å². The Balaban J connectivity index is 1.41. The fraction of sp³-hybridized carbons (Fsp3) is 0.435. The molecule has 1 spiro atoms. The van der Waals surface area contributed by atoms with Gasteiger partial charge in [-0.25, -0.2) is 9.97 Å². The molecule has 2 fully saturated rings. The van der Waals surface area contributed by atoms with Crippen molar-refractivity contribution in [3.8, 4) is 28.7 Å². The van der Waals surface area contributed by atoms with Gasteiger partial charge in [-0.2, -0.15) is 15.5 Å². The molecule has 8 nitrogen and oxygen atoms in total. The van der Waals surface area contributed by atoms with E-state index >= 15 is 0 Å². The summed E-state index contributed by atoms with van der Waals surface area (Å²) in [4.78, 5) is 9.42. The molecule has 4 heterocycles. The van der Waals surface area contributed by atoms with E-state index in [2.05, 4.69) is 22.3 Å². The van der Waals surface area contributed by atoms with Gasteiger partial charge in [0, 0.05) is 43.5 Å². The van der Waals surface area contributed by atoms with Gasteiger partial charge in [-0.05, 0) is 31.1 Å². The second-order valence-electron chi connectivity index (χ2n) is 9.32. The Hall–Kier alpha value is -3.47. The number of aryl methyl sites for hydroxylation is 1. The molecule has 0 unspecified atom stereocenters. The van der Waals surface area contributed by atoms with E-state index < -0.39 is 0 Å². The number of fused-ring (bicyclic) bond motifs is 1. The predicted molar refractivity (Wildman–Crippen MR) is 115 cm³/mol. The van der Waals surface area contributed by atoms with Crippen molar-refractivity contribution in [1.29, 1.82) is 5.26 Å². The van der Waals surface area contributed by atoms with Crippen LogP contribution >= 0.6 is 0 Å². The van der Waals surface area contributed by atoms with Gasteiger partial charge in [0.1, 0.15) is 11.5 Å². The van der Waals surface area contributed by atoms with Crippen molar-refractivity contribution in [3.63, 3.8) is 0 Å². The molecule has 0 amide bonds. The molecule has 2 saturated carbocycles. The van der Waals surface area contributed by atoms with Crippen LogP contribution in [-0.4, -0.2) is 33.9 Å². The van der Waals surface area contributed by atoms with Gasteiger partial charge in [-0.15, -0.1) is 0 Å². The van der Waals surface area contributed by atoms with E-state index in [1.807, 2.05) is 47.0 Å².